The summed E-state index contributed by atoms with van der Waals surface area (Å²) in [6.45, 7) is 2.37. The lowest BCUT2D eigenvalue weighted by Crippen LogP contribution is -2.37. The molecule has 0 fully saturated rings. The van der Waals surface area contributed by atoms with Crippen LogP contribution in [0, 0.1) is 0 Å². The molecule has 1 aliphatic heterocycles. The Balaban J connectivity index is 1.35. The van der Waals surface area contributed by atoms with E-state index in [1.807, 2.05) is 30.3 Å². The van der Waals surface area contributed by atoms with E-state index < -0.39 is 0 Å². The minimum atomic E-state index is -0.232. The molecule has 5 heteroatoms. The zero-order chi connectivity index (χ0) is 17.8. The topological polar surface area (TPSA) is 58.4 Å². The van der Waals surface area contributed by atoms with Gasteiger partial charge >= 0.3 is 0 Å². The molecule has 0 unspecified atom stereocenters. The maximum absolute atomic E-state index is 12.3. The van der Waals surface area contributed by atoms with E-state index in [-0.39, 0.29) is 11.7 Å². The third kappa shape index (κ3) is 3.47. The van der Waals surface area contributed by atoms with Crippen LogP contribution >= 0.6 is 0 Å². The van der Waals surface area contributed by atoms with E-state index in [0.717, 1.165) is 31.5 Å². The summed E-state index contributed by atoms with van der Waals surface area (Å²) >= 11 is 0. The highest BCUT2D eigenvalue weighted by Crippen LogP contribution is 2.26. The number of fused-ring (bicyclic) bond motifs is 1. The van der Waals surface area contributed by atoms with Gasteiger partial charge in [0, 0.05) is 37.0 Å². The van der Waals surface area contributed by atoms with Crippen molar-refractivity contribution in [2.24, 2.45) is 0 Å². The van der Waals surface area contributed by atoms with Crippen molar-refractivity contribution < 1.29 is 9.32 Å². The second-order valence-corrected chi connectivity index (χ2v) is 6.42. The second-order valence-electron chi connectivity index (χ2n) is 6.42. The summed E-state index contributed by atoms with van der Waals surface area (Å²) in [5.74, 6) is 0.00729. The maximum Gasteiger partial charge on any atom is 0.289 e. The van der Waals surface area contributed by atoms with Crippen LogP contribution in [0.15, 0.2) is 65.2 Å². The third-order valence-electron chi connectivity index (χ3n) is 4.68. The van der Waals surface area contributed by atoms with Crippen LogP contribution in [-0.2, 0) is 6.42 Å². The Kier molecular flexibility index (Phi) is 4.69. The van der Waals surface area contributed by atoms with Gasteiger partial charge in [-0.15, -0.1) is 0 Å². The fourth-order valence-corrected chi connectivity index (χ4v) is 3.36. The maximum atomic E-state index is 12.3. The van der Waals surface area contributed by atoms with E-state index in [2.05, 4.69) is 39.6 Å². The van der Waals surface area contributed by atoms with E-state index >= 15 is 0 Å². The molecule has 1 amide bonds. The van der Waals surface area contributed by atoms with Gasteiger partial charge in [-0.1, -0.05) is 53.7 Å². The van der Waals surface area contributed by atoms with E-state index in [4.69, 9.17) is 4.52 Å². The molecule has 0 spiro atoms. The van der Waals surface area contributed by atoms with Crippen molar-refractivity contribution >= 4 is 11.6 Å². The number of hydrogen-bond acceptors (Lipinski definition) is 4. The Morgan fingerprint density at radius 3 is 2.81 bits per heavy atom. The fraction of sp³-hybridized carbons (Fsp3) is 0.238. The number of aryl methyl sites for hydroxylation is 1. The number of para-hydroxylation sites is 1. The summed E-state index contributed by atoms with van der Waals surface area (Å²) in [5, 5.41) is 6.92. The van der Waals surface area contributed by atoms with Crippen LogP contribution in [0.1, 0.15) is 22.5 Å². The molecule has 0 radical (unpaired) electrons. The van der Waals surface area contributed by atoms with Gasteiger partial charge in [-0.05, 0) is 24.5 Å². The van der Waals surface area contributed by atoms with E-state index in [0.29, 0.717) is 12.2 Å². The van der Waals surface area contributed by atoms with Crippen LogP contribution in [0.2, 0.25) is 0 Å². The molecule has 2 heterocycles. The molecule has 0 bridgehead atoms. The Bertz CT molecular complexity index is 889. The number of rotatable bonds is 5. The summed E-state index contributed by atoms with van der Waals surface area (Å²) in [7, 11) is 0. The van der Waals surface area contributed by atoms with Gasteiger partial charge in [0.15, 0.2) is 0 Å². The van der Waals surface area contributed by atoms with Crippen LogP contribution in [0.25, 0.3) is 11.3 Å². The number of hydrogen-bond donors (Lipinski definition) is 1. The van der Waals surface area contributed by atoms with E-state index in [9.17, 15) is 4.79 Å². The number of nitrogens with one attached hydrogen (secondary N) is 1. The molecular weight excluding hydrogens is 326 g/mol. The fourth-order valence-electron chi connectivity index (χ4n) is 3.36. The molecule has 1 N–H and O–H groups in total. The predicted molar refractivity (Wildman–Crippen MR) is 101 cm³/mol. The Labute approximate surface area is 152 Å². The highest BCUT2D eigenvalue weighted by Gasteiger charge is 2.17. The molecular formula is C21H21N3O2. The summed E-state index contributed by atoms with van der Waals surface area (Å²) < 4.78 is 5.20. The summed E-state index contributed by atoms with van der Waals surface area (Å²) in [6.07, 6.45) is 2.27. The lowest BCUT2D eigenvalue weighted by Gasteiger charge is -2.31. The smallest absolute Gasteiger partial charge is 0.289 e. The molecule has 0 saturated carbocycles. The summed E-state index contributed by atoms with van der Waals surface area (Å²) in [6, 6.07) is 19.8. The highest BCUT2D eigenvalue weighted by atomic mass is 16.5. The average Bonchev–Trinajstić information content (AvgIpc) is 3.19. The Hall–Kier alpha value is -3.08. The van der Waals surface area contributed by atoms with Crippen LogP contribution in [0.3, 0.4) is 0 Å². The lowest BCUT2D eigenvalue weighted by molar-refractivity contribution is 0.0918. The first-order chi connectivity index (χ1) is 12.8. The minimum absolute atomic E-state index is 0.232. The second kappa shape index (κ2) is 7.44. The monoisotopic (exact) mass is 347 g/mol. The third-order valence-corrected chi connectivity index (χ3v) is 4.68. The lowest BCUT2D eigenvalue weighted by atomic mass is 10.0. The molecule has 132 valence electrons. The van der Waals surface area contributed by atoms with Crippen molar-refractivity contribution in [1.29, 1.82) is 0 Å². The molecule has 1 aromatic heterocycles. The number of benzene rings is 2. The highest BCUT2D eigenvalue weighted by molar-refractivity contribution is 5.92. The van der Waals surface area contributed by atoms with Gasteiger partial charge in [-0.25, -0.2) is 0 Å². The zero-order valence-electron chi connectivity index (χ0n) is 14.5. The standard InChI is InChI=1S/C21H21N3O2/c25-21(20-15-18(23-26-20)16-7-2-1-3-8-16)22-12-14-24-13-6-10-17-9-4-5-11-19(17)24/h1-5,7-9,11,15H,6,10,12-14H2,(H,22,25). The SMILES string of the molecule is O=C(NCCN1CCCc2ccccc21)c1cc(-c2ccccc2)no1. The Morgan fingerprint density at radius 2 is 1.92 bits per heavy atom. The van der Waals surface area contributed by atoms with Gasteiger partial charge in [-0.2, -0.15) is 0 Å². The van der Waals surface area contributed by atoms with Gasteiger partial charge < -0.3 is 14.7 Å². The van der Waals surface area contributed by atoms with Gasteiger partial charge in [0.05, 0.1) is 0 Å². The number of carbonyl (C=O) groups excluding carboxylic acids is 1. The molecule has 4 rings (SSSR count). The minimum Gasteiger partial charge on any atom is -0.370 e. The summed E-state index contributed by atoms with van der Waals surface area (Å²) in [5.41, 5.74) is 4.26. The average molecular weight is 347 g/mol. The molecule has 1 aliphatic rings. The molecule has 0 saturated heterocycles. The van der Waals surface area contributed by atoms with E-state index in [1.165, 1.54) is 11.3 Å². The van der Waals surface area contributed by atoms with Crippen molar-refractivity contribution in [2.45, 2.75) is 12.8 Å². The number of amides is 1. The largest absolute Gasteiger partial charge is 0.370 e. The van der Waals surface area contributed by atoms with Crippen molar-refractivity contribution in [3.63, 3.8) is 0 Å². The molecule has 0 atom stereocenters. The van der Waals surface area contributed by atoms with Crippen molar-refractivity contribution in [1.82, 2.24) is 10.5 Å². The molecule has 3 aromatic rings. The van der Waals surface area contributed by atoms with Gasteiger partial charge in [0.2, 0.25) is 5.76 Å². The van der Waals surface area contributed by atoms with Crippen LogP contribution in [0.4, 0.5) is 5.69 Å². The molecule has 2 aromatic carbocycles. The van der Waals surface area contributed by atoms with Crippen molar-refractivity contribution in [3.05, 3.63) is 72.0 Å². The normalized spacial score (nSPS) is 13.3. The zero-order valence-corrected chi connectivity index (χ0v) is 14.5. The van der Waals surface area contributed by atoms with Crippen LogP contribution < -0.4 is 10.2 Å². The first-order valence-electron chi connectivity index (χ1n) is 8.94. The van der Waals surface area contributed by atoms with Gasteiger partial charge in [0.25, 0.3) is 5.91 Å². The van der Waals surface area contributed by atoms with Crippen LogP contribution in [0.5, 0.6) is 0 Å². The van der Waals surface area contributed by atoms with Gasteiger partial charge in [0.1, 0.15) is 5.69 Å². The number of anilines is 1. The van der Waals surface area contributed by atoms with Crippen LogP contribution in [-0.4, -0.2) is 30.7 Å². The first kappa shape index (κ1) is 16.4. The van der Waals surface area contributed by atoms with Crippen molar-refractivity contribution in [3.8, 4) is 11.3 Å². The molecule has 0 aliphatic carbocycles. The molecule has 26 heavy (non-hydrogen) atoms. The van der Waals surface area contributed by atoms with Crippen molar-refractivity contribution in [2.75, 3.05) is 24.5 Å². The van der Waals surface area contributed by atoms with E-state index in [1.54, 1.807) is 6.07 Å². The predicted octanol–water partition coefficient (Wildman–Crippen LogP) is 3.52. The summed E-state index contributed by atoms with van der Waals surface area (Å²) in [4.78, 5) is 14.6. The first-order valence-corrected chi connectivity index (χ1v) is 8.94. The van der Waals surface area contributed by atoms with Gasteiger partial charge in [-0.3, -0.25) is 4.79 Å². The molecule has 5 nitrogen and oxygen atoms in total. The number of carbonyl (C=O) groups is 1. The quantitative estimate of drug-likeness (QED) is 0.767. The number of aromatic nitrogens is 1. The Morgan fingerprint density at radius 1 is 1.12 bits per heavy atom. The number of nitrogens with zero attached hydrogens (tertiary/aromatic N) is 2.